The number of ether oxygens (including phenoxy) is 1. The molecule has 0 unspecified atom stereocenters. The molecule has 0 aliphatic heterocycles. The van der Waals surface area contributed by atoms with Crippen LogP contribution in [-0.2, 0) is 11.3 Å². The van der Waals surface area contributed by atoms with Gasteiger partial charge < -0.3 is 15.0 Å². The second kappa shape index (κ2) is 9.66. The summed E-state index contributed by atoms with van der Waals surface area (Å²) in [6.07, 6.45) is -0.468. The first-order valence-corrected chi connectivity index (χ1v) is 9.41. The van der Waals surface area contributed by atoms with E-state index in [0.717, 1.165) is 5.56 Å². The van der Waals surface area contributed by atoms with E-state index in [1.807, 2.05) is 19.9 Å². The van der Waals surface area contributed by atoms with Crippen LogP contribution in [0.1, 0.15) is 19.4 Å². The lowest BCUT2D eigenvalue weighted by atomic mass is 10.2. The van der Waals surface area contributed by atoms with Crippen molar-refractivity contribution in [3.63, 3.8) is 0 Å². The third-order valence-electron chi connectivity index (χ3n) is 4.18. The zero-order valence-corrected chi connectivity index (χ0v) is 17.7. The fourth-order valence-electron chi connectivity index (χ4n) is 2.53. The van der Waals surface area contributed by atoms with E-state index < -0.39 is 6.09 Å². The maximum absolute atomic E-state index is 12.8. The highest BCUT2D eigenvalue weighted by atomic mass is 35.5. The van der Waals surface area contributed by atoms with E-state index in [4.69, 9.17) is 23.2 Å². The molecule has 3 amide bonds. The lowest BCUT2D eigenvalue weighted by Gasteiger charge is -2.27. The number of nitrogens with zero attached hydrogens (tertiary/aromatic N) is 2. The van der Waals surface area contributed by atoms with E-state index in [1.54, 1.807) is 48.3 Å². The van der Waals surface area contributed by atoms with Crippen molar-refractivity contribution in [1.82, 2.24) is 4.90 Å². The number of rotatable bonds is 5. The Bertz CT molecular complexity index is 841. The minimum absolute atomic E-state index is 0.0285. The van der Waals surface area contributed by atoms with Crippen LogP contribution in [0, 0.1) is 0 Å². The Morgan fingerprint density at radius 3 is 2.25 bits per heavy atom. The molecule has 0 aromatic heterocycles. The fraction of sp³-hybridized carbons (Fsp3) is 0.300. The monoisotopic (exact) mass is 423 g/mol. The Labute approximate surface area is 175 Å². The SMILES string of the molecule is COC(=O)N(C)c1ccc(NC(=O)N(Cc2ccc(Cl)c(Cl)c2)C(C)C)cc1. The van der Waals surface area contributed by atoms with Crippen LogP contribution in [0.3, 0.4) is 0 Å². The summed E-state index contributed by atoms with van der Waals surface area (Å²) in [5.41, 5.74) is 2.15. The van der Waals surface area contributed by atoms with Gasteiger partial charge in [0, 0.05) is 31.0 Å². The first kappa shape index (κ1) is 21.9. The lowest BCUT2D eigenvalue weighted by molar-refractivity contribution is 0.180. The number of hydrogen-bond donors (Lipinski definition) is 1. The topological polar surface area (TPSA) is 61.9 Å². The zero-order valence-electron chi connectivity index (χ0n) is 16.2. The largest absolute Gasteiger partial charge is 0.452 e. The highest BCUT2D eigenvalue weighted by Gasteiger charge is 2.18. The van der Waals surface area contributed by atoms with Crippen molar-refractivity contribution in [3.8, 4) is 0 Å². The molecule has 0 radical (unpaired) electrons. The van der Waals surface area contributed by atoms with Crippen LogP contribution in [0.15, 0.2) is 42.5 Å². The molecule has 6 nitrogen and oxygen atoms in total. The molecule has 2 aromatic rings. The van der Waals surface area contributed by atoms with Crippen molar-refractivity contribution in [2.75, 3.05) is 24.4 Å². The van der Waals surface area contributed by atoms with E-state index in [2.05, 4.69) is 10.1 Å². The summed E-state index contributed by atoms with van der Waals surface area (Å²) < 4.78 is 4.68. The number of carbonyl (C=O) groups is 2. The van der Waals surface area contributed by atoms with Crippen LogP contribution < -0.4 is 10.2 Å². The molecule has 0 saturated heterocycles. The van der Waals surface area contributed by atoms with E-state index in [9.17, 15) is 9.59 Å². The van der Waals surface area contributed by atoms with Gasteiger partial charge in [0.05, 0.1) is 17.2 Å². The van der Waals surface area contributed by atoms with Crippen molar-refractivity contribution in [2.45, 2.75) is 26.4 Å². The Morgan fingerprint density at radius 1 is 1.07 bits per heavy atom. The van der Waals surface area contributed by atoms with Gasteiger partial charge in [-0.2, -0.15) is 0 Å². The van der Waals surface area contributed by atoms with Gasteiger partial charge in [0.2, 0.25) is 0 Å². The van der Waals surface area contributed by atoms with Gasteiger partial charge >= 0.3 is 12.1 Å². The predicted octanol–water partition coefficient (Wildman–Crippen LogP) is 5.64. The molecule has 2 rings (SSSR count). The molecule has 2 aromatic carbocycles. The van der Waals surface area contributed by atoms with Gasteiger partial charge in [-0.1, -0.05) is 29.3 Å². The molecular formula is C20H23Cl2N3O3. The fourth-order valence-corrected chi connectivity index (χ4v) is 2.85. The molecule has 0 aliphatic carbocycles. The van der Waals surface area contributed by atoms with Crippen LogP contribution >= 0.6 is 23.2 Å². The van der Waals surface area contributed by atoms with E-state index in [1.165, 1.54) is 12.0 Å². The zero-order chi connectivity index (χ0) is 20.8. The minimum atomic E-state index is -0.468. The Balaban J connectivity index is 2.09. The lowest BCUT2D eigenvalue weighted by Crippen LogP contribution is -2.39. The Morgan fingerprint density at radius 2 is 1.71 bits per heavy atom. The molecular weight excluding hydrogens is 401 g/mol. The molecule has 0 spiro atoms. The summed E-state index contributed by atoms with van der Waals surface area (Å²) in [6, 6.07) is 11.9. The standard InChI is InChI=1S/C20H23Cl2N3O3/c1-13(2)25(12-14-5-10-17(21)18(22)11-14)19(26)23-15-6-8-16(9-7-15)24(3)20(27)28-4/h5-11,13H,12H2,1-4H3,(H,23,26). The highest BCUT2D eigenvalue weighted by Crippen LogP contribution is 2.24. The second-order valence-corrected chi connectivity index (χ2v) is 7.29. The number of nitrogens with one attached hydrogen (secondary N) is 1. The van der Waals surface area contributed by atoms with Crippen molar-refractivity contribution < 1.29 is 14.3 Å². The maximum atomic E-state index is 12.8. The van der Waals surface area contributed by atoms with Crippen LogP contribution in [-0.4, -0.2) is 37.2 Å². The van der Waals surface area contributed by atoms with Crippen LogP contribution in [0.4, 0.5) is 21.0 Å². The molecule has 0 aliphatic rings. The Kier molecular flexibility index (Phi) is 7.54. The quantitative estimate of drug-likeness (QED) is 0.676. The summed E-state index contributed by atoms with van der Waals surface area (Å²) in [4.78, 5) is 27.4. The molecule has 0 saturated carbocycles. The summed E-state index contributed by atoms with van der Waals surface area (Å²) in [5.74, 6) is 0. The number of carbonyl (C=O) groups excluding carboxylic acids is 2. The number of amides is 3. The molecule has 28 heavy (non-hydrogen) atoms. The van der Waals surface area contributed by atoms with Crippen LogP contribution in [0.25, 0.3) is 0 Å². The van der Waals surface area contributed by atoms with Gasteiger partial charge in [-0.15, -0.1) is 0 Å². The molecule has 0 fully saturated rings. The number of urea groups is 1. The third kappa shape index (κ3) is 5.53. The van der Waals surface area contributed by atoms with E-state index in [-0.39, 0.29) is 12.1 Å². The minimum Gasteiger partial charge on any atom is -0.452 e. The Hall–Kier alpha value is -2.44. The van der Waals surface area contributed by atoms with Crippen molar-refractivity contribution in [3.05, 3.63) is 58.1 Å². The molecule has 8 heteroatoms. The van der Waals surface area contributed by atoms with Gasteiger partial charge in [0.15, 0.2) is 0 Å². The highest BCUT2D eigenvalue weighted by molar-refractivity contribution is 6.42. The average Bonchev–Trinajstić information content (AvgIpc) is 2.67. The first-order chi connectivity index (χ1) is 13.2. The normalized spacial score (nSPS) is 10.5. The van der Waals surface area contributed by atoms with E-state index >= 15 is 0 Å². The second-order valence-electron chi connectivity index (χ2n) is 6.48. The first-order valence-electron chi connectivity index (χ1n) is 8.66. The summed E-state index contributed by atoms with van der Waals surface area (Å²) in [7, 11) is 2.93. The van der Waals surface area contributed by atoms with Gasteiger partial charge in [-0.05, 0) is 55.8 Å². The maximum Gasteiger partial charge on any atom is 0.413 e. The molecule has 0 heterocycles. The third-order valence-corrected chi connectivity index (χ3v) is 4.91. The number of hydrogen-bond acceptors (Lipinski definition) is 3. The molecule has 0 atom stereocenters. The molecule has 1 N–H and O–H groups in total. The van der Waals surface area contributed by atoms with Gasteiger partial charge in [0.25, 0.3) is 0 Å². The number of methoxy groups -OCH3 is 1. The average molecular weight is 424 g/mol. The molecule has 150 valence electrons. The predicted molar refractivity (Wildman–Crippen MR) is 113 cm³/mol. The van der Waals surface area contributed by atoms with Crippen LogP contribution in [0.2, 0.25) is 10.0 Å². The van der Waals surface area contributed by atoms with Crippen molar-refractivity contribution >= 4 is 46.7 Å². The molecule has 0 bridgehead atoms. The number of anilines is 2. The number of benzene rings is 2. The van der Waals surface area contributed by atoms with Gasteiger partial charge in [-0.3, -0.25) is 4.90 Å². The van der Waals surface area contributed by atoms with Gasteiger partial charge in [0.1, 0.15) is 0 Å². The van der Waals surface area contributed by atoms with Crippen molar-refractivity contribution in [2.24, 2.45) is 0 Å². The summed E-state index contributed by atoms with van der Waals surface area (Å²) >= 11 is 12.0. The van der Waals surface area contributed by atoms with E-state index in [0.29, 0.717) is 28.0 Å². The van der Waals surface area contributed by atoms with Gasteiger partial charge in [-0.25, -0.2) is 9.59 Å². The summed E-state index contributed by atoms with van der Waals surface area (Å²) in [6.45, 7) is 4.26. The van der Waals surface area contributed by atoms with Crippen LogP contribution in [0.5, 0.6) is 0 Å². The smallest absolute Gasteiger partial charge is 0.413 e. The number of halogens is 2. The van der Waals surface area contributed by atoms with Crippen molar-refractivity contribution in [1.29, 1.82) is 0 Å². The summed E-state index contributed by atoms with van der Waals surface area (Å²) in [5, 5.41) is 3.80.